The van der Waals surface area contributed by atoms with E-state index >= 15 is 0 Å². The third kappa shape index (κ3) is 1.32. The van der Waals surface area contributed by atoms with Gasteiger partial charge < -0.3 is 15.2 Å². The fraction of sp³-hybridized carbons (Fsp3) is 0.222. The molecule has 0 spiro atoms. The van der Waals surface area contributed by atoms with Gasteiger partial charge in [0, 0.05) is 0 Å². The molecule has 0 bridgehead atoms. The molecule has 74 valence electrons. The molecule has 1 aliphatic rings. The number of benzene rings is 1. The smallest absolute Gasteiger partial charge is 0.196 e. The van der Waals surface area contributed by atoms with Crippen molar-refractivity contribution in [3.63, 3.8) is 0 Å². The predicted molar refractivity (Wildman–Crippen MR) is 46.5 cm³/mol. The van der Waals surface area contributed by atoms with Crippen LogP contribution in [-0.4, -0.2) is 24.3 Å². The number of aromatic carboxylic acids is 1. The van der Waals surface area contributed by atoms with Crippen LogP contribution >= 0.6 is 0 Å². The highest BCUT2D eigenvalue weighted by atomic mass is 16.5. The van der Waals surface area contributed by atoms with Crippen LogP contribution in [0.1, 0.15) is 10.4 Å². The topological polar surface area (TPSA) is 76.8 Å². The summed E-state index contributed by atoms with van der Waals surface area (Å²) in [7, 11) is 0. The highest BCUT2D eigenvalue weighted by molar-refractivity contribution is 5.94. The maximum atomic E-state index is 10.8. The second-order valence-electron chi connectivity index (χ2n) is 3.14. The molecule has 0 saturated carbocycles. The van der Waals surface area contributed by atoms with Crippen LogP contribution in [0.4, 0.5) is 11.4 Å². The van der Waals surface area contributed by atoms with Gasteiger partial charge in [0.25, 0.3) is 0 Å². The quantitative estimate of drug-likeness (QED) is 0.502. The summed E-state index contributed by atoms with van der Waals surface area (Å²) in [6.45, 7) is 1.06. The number of hydroxylamine groups is 1. The number of nitrogens with one attached hydrogen (secondary N) is 2. The van der Waals surface area contributed by atoms with E-state index in [1.54, 1.807) is 12.1 Å². The minimum atomic E-state index is -1.27. The van der Waals surface area contributed by atoms with Crippen molar-refractivity contribution >= 4 is 17.3 Å². The summed E-state index contributed by atoms with van der Waals surface area (Å²) in [5, 5.41) is 23.5. The summed E-state index contributed by atoms with van der Waals surface area (Å²) < 4.78 is 0. The molecule has 0 aliphatic carbocycles. The minimum absolute atomic E-state index is 0.0344. The van der Waals surface area contributed by atoms with Gasteiger partial charge >= 0.3 is 0 Å². The summed E-state index contributed by atoms with van der Waals surface area (Å²) in [5.41, 5.74) is 1.04. The average Bonchev–Trinajstić information content (AvgIpc) is 2.17. The van der Waals surface area contributed by atoms with Crippen molar-refractivity contribution in [2.75, 3.05) is 18.4 Å². The van der Waals surface area contributed by atoms with Crippen molar-refractivity contribution in [3.05, 3.63) is 23.8 Å². The molecule has 1 aromatic carbocycles. The normalized spacial score (nSPS) is 19.6. The largest absolute Gasteiger partial charge is 0.545 e. The number of rotatable bonds is 1. The van der Waals surface area contributed by atoms with E-state index in [0.717, 1.165) is 0 Å². The molecule has 0 fully saturated rings. The van der Waals surface area contributed by atoms with Gasteiger partial charge in [-0.15, -0.1) is 0 Å². The van der Waals surface area contributed by atoms with Crippen LogP contribution < -0.4 is 15.5 Å². The highest BCUT2D eigenvalue weighted by Gasteiger charge is 2.24. The van der Waals surface area contributed by atoms with Crippen molar-refractivity contribution in [1.82, 2.24) is 0 Å². The van der Waals surface area contributed by atoms with E-state index in [0.29, 0.717) is 24.5 Å². The van der Waals surface area contributed by atoms with Crippen molar-refractivity contribution < 1.29 is 20.2 Å². The number of anilines is 1. The average molecular weight is 194 g/mol. The first-order valence-corrected chi connectivity index (χ1v) is 4.33. The van der Waals surface area contributed by atoms with E-state index in [1.165, 1.54) is 6.07 Å². The first-order chi connectivity index (χ1) is 6.70. The number of hydrogen-bond donors (Lipinski definition) is 3. The van der Waals surface area contributed by atoms with Gasteiger partial charge in [0.2, 0.25) is 0 Å². The molecular weight excluding hydrogens is 184 g/mol. The number of quaternary nitrogens is 1. The standard InChI is InChI=1S/C9H10N2O3/c12-9(13)6-2-1-3-7-8(6)11(14)5-4-10-7/h1-3,10,14H,4-5H2,(H,12,13). The molecule has 5 heteroatoms. The maximum Gasteiger partial charge on any atom is 0.196 e. The monoisotopic (exact) mass is 194 g/mol. The molecule has 1 heterocycles. The van der Waals surface area contributed by atoms with Gasteiger partial charge in [0.05, 0.1) is 18.1 Å². The second-order valence-corrected chi connectivity index (χ2v) is 3.14. The van der Waals surface area contributed by atoms with Crippen LogP contribution in [0, 0.1) is 0 Å². The molecule has 1 unspecified atom stereocenters. The molecule has 1 aromatic rings. The van der Waals surface area contributed by atoms with Crippen LogP contribution in [0.3, 0.4) is 0 Å². The van der Waals surface area contributed by atoms with Crippen molar-refractivity contribution in [1.29, 1.82) is 0 Å². The molecule has 1 atom stereocenters. The zero-order chi connectivity index (χ0) is 10.1. The molecule has 0 aromatic heterocycles. The van der Waals surface area contributed by atoms with E-state index in [4.69, 9.17) is 0 Å². The van der Waals surface area contributed by atoms with Crippen molar-refractivity contribution in [3.8, 4) is 0 Å². The number of hydrogen-bond acceptors (Lipinski definition) is 4. The summed E-state index contributed by atoms with van der Waals surface area (Å²) >= 11 is 0. The Morgan fingerprint density at radius 1 is 1.57 bits per heavy atom. The number of carbonyl (C=O) groups excluding carboxylic acids is 1. The summed E-state index contributed by atoms with van der Waals surface area (Å²) in [6.07, 6.45) is 0. The molecular formula is C9H10N2O3. The van der Waals surface area contributed by atoms with Crippen molar-refractivity contribution in [2.24, 2.45) is 0 Å². The Kier molecular flexibility index (Phi) is 2.11. The zero-order valence-electron chi connectivity index (χ0n) is 7.41. The minimum Gasteiger partial charge on any atom is -0.545 e. The predicted octanol–water partition coefficient (Wildman–Crippen LogP) is -1.62. The lowest BCUT2D eigenvalue weighted by molar-refractivity contribution is -1.03. The number of carbonyl (C=O) groups is 1. The first-order valence-electron chi connectivity index (χ1n) is 4.33. The SMILES string of the molecule is O=C([O-])c1cccc2c1[NH+](O)CCN2. The summed E-state index contributed by atoms with van der Waals surface area (Å²) in [5.74, 6) is -1.27. The first kappa shape index (κ1) is 8.98. The molecule has 3 N–H and O–H groups in total. The van der Waals surface area contributed by atoms with Gasteiger partial charge in [-0.1, -0.05) is 6.07 Å². The highest BCUT2D eigenvalue weighted by Crippen LogP contribution is 2.23. The number of para-hydroxylation sites is 1. The molecule has 0 amide bonds. The second kappa shape index (κ2) is 3.28. The van der Waals surface area contributed by atoms with Gasteiger partial charge in [-0.3, -0.25) is 0 Å². The van der Waals surface area contributed by atoms with Crippen LogP contribution in [0.2, 0.25) is 0 Å². The Morgan fingerprint density at radius 2 is 2.36 bits per heavy atom. The molecule has 2 rings (SSSR count). The van der Waals surface area contributed by atoms with E-state index in [2.05, 4.69) is 5.32 Å². The summed E-state index contributed by atoms with van der Waals surface area (Å²) in [6, 6.07) is 4.78. The fourth-order valence-corrected chi connectivity index (χ4v) is 1.62. The zero-order valence-corrected chi connectivity index (χ0v) is 7.41. The van der Waals surface area contributed by atoms with Crippen LogP contribution in [0.25, 0.3) is 0 Å². The van der Waals surface area contributed by atoms with Gasteiger partial charge in [-0.2, -0.15) is 5.06 Å². The molecule has 0 radical (unpaired) electrons. The lowest BCUT2D eigenvalue weighted by atomic mass is 10.1. The van der Waals surface area contributed by atoms with E-state index < -0.39 is 5.97 Å². The molecule has 1 aliphatic heterocycles. The van der Waals surface area contributed by atoms with Crippen LogP contribution in [-0.2, 0) is 0 Å². The van der Waals surface area contributed by atoms with Crippen LogP contribution in [0.15, 0.2) is 18.2 Å². The lowest BCUT2D eigenvalue weighted by Gasteiger charge is -2.23. The summed E-state index contributed by atoms with van der Waals surface area (Å²) in [4.78, 5) is 10.8. The lowest BCUT2D eigenvalue weighted by Crippen LogP contribution is -3.06. The van der Waals surface area contributed by atoms with Gasteiger partial charge in [0.15, 0.2) is 5.69 Å². The van der Waals surface area contributed by atoms with Crippen LogP contribution in [0.5, 0.6) is 0 Å². The van der Waals surface area contributed by atoms with E-state index in [-0.39, 0.29) is 10.6 Å². The Labute approximate surface area is 80.5 Å². The maximum absolute atomic E-state index is 10.8. The number of carboxylic acids is 1. The molecule has 5 nitrogen and oxygen atoms in total. The Morgan fingerprint density at radius 3 is 3.07 bits per heavy atom. The Balaban J connectivity index is 2.57. The van der Waals surface area contributed by atoms with E-state index in [9.17, 15) is 15.1 Å². The fourth-order valence-electron chi connectivity index (χ4n) is 1.62. The van der Waals surface area contributed by atoms with Gasteiger partial charge in [-0.05, 0) is 12.1 Å². The Hall–Kier alpha value is -1.59. The third-order valence-corrected chi connectivity index (χ3v) is 2.25. The third-order valence-electron chi connectivity index (χ3n) is 2.25. The molecule has 14 heavy (non-hydrogen) atoms. The number of carboxylic acid groups (broad SMARTS) is 1. The number of fused-ring (bicyclic) bond motifs is 1. The van der Waals surface area contributed by atoms with Gasteiger partial charge in [-0.25, -0.2) is 5.21 Å². The van der Waals surface area contributed by atoms with E-state index in [1.807, 2.05) is 0 Å². The Bertz CT molecular complexity index is 378. The van der Waals surface area contributed by atoms with Gasteiger partial charge in [0.1, 0.15) is 12.2 Å². The molecule has 0 saturated heterocycles. The van der Waals surface area contributed by atoms with Crippen molar-refractivity contribution in [2.45, 2.75) is 0 Å².